The molecule has 2 aliphatic heterocycles. The fraction of sp³-hybridized carbons (Fsp3) is 0.433. The smallest absolute Gasteiger partial charge is 0.191 e. The van der Waals surface area contributed by atoms with Crippen LogP contribution in [0.1, 0.15) is 49.8 Å². The molecule has 0 spiro atoms. The number of nitrogens with one attached hydrogen (secondary N) is 1. The van der Waals surface area contributed by atoms with Gasteiger partial charge in [-0.3, -0.25) is 19.4 Å². The number of pyridine rings is 1. The van der Waals surface area contributed by atoms with Crippen LogP contribution in [-0.2, 0) is 11.2 Å². The van der Waals surface area contributed by atoms with Gasteiger partial charge < -0.3 is 10.0 Å². The van der Waals surface area contributed by atoms with Crippen molar-refractivity contribution in [2.24, 2.45) is 0 Å². The van der Waals surface area contributed by atoms with Crippen molar-refractivity contribution in [3.8, 4) is 11.3 Å². The van der Waals surface area contributed by atoms with Crippen molar-refractivity contribution in [3.63, 3.8) is 0 Å². The van der Waals surface area contributed by atoms with Crippen molar-refractivity contribution in [2.45, 2.75) is 57.2 Å². The standard InChI is InChI=1S/C30H35FN6O2S/c1-3-23-29(35(2)30-34-25(18-40-30)20-4-7-22(31)8-5-20)37-16-21(6-10-27(37)32-23)19-12-14-36(15-13-19)17-26(38)24-9-11-28(39)33-24/h4-8,10,16,18-19,24,28,33,39H,3,9,11-15,17H2,1-2H3/t24?,28-/m0/s1. The molecule has 5 heterocycles. The van der Waals surface area contributed by atoms with Gasteiger partial charge in [0.05, 0.1) is 24.0 Å². The molecule has 0 bridgehead atoms. The molecular formula is C30H35FN6O2S. The fourth-order valence-corrected chi connectivity index (χ4v) is 6.73. The third-order valence-electron chi connectivity index (χ3n) is 8.21. The van der Waals surface area contributed by atoms with Gasteiger partial charge in [-0.25, -0.2) is 14.4 Å². The second-order valence-electron chi connectivity index (χ2n) is 10.8. The first-order chi connectivity index (χ1) is 19.4. The Hall–Kier alpha value is -3.18. The summed E-state index contributed by atoms with van der Waals surface area (Å²) >= 11 is 1.56. The highest BCUT2D eigenvalue weighted by Gasteiger charge is 2.30. The number of halogens is 1. The Morgan fingerprint density at radius 3 is 2.60 bits per heavy atom. The number of likely N-dealkylation sites (tertiary alicyclic amines) is 1. The molecular weight excluding hydrogens is 527 g/mol. The van der Waals surface area contributed by atoms with Crippen molar-refractivity contribution >= 4 is 33.7 Å². The van der Waals surface area contributed by atoms with Gasteiger partial charge in [-0.1, -0.05) is 13.0 Å². The van der Waals surface area contributed by atoms with Gasteiger partial charge in [-0.05, 0) is 87.0 Å². The van der Waals surface area contributed by atoms with E-state index in [1.807, 2.05) is 12.4 Å². The van der Waals surface area contributed by atoms with E-state index in [0.29, 0.717) is 25.3 Å². The lowest BCUT2D eigenvalue weighted by Crippen LogP contribution is -2.44. The third-order valence-corrected chi connectivity index (χ3v) is 9.12. The van der Waals surface area contributed by atoms with Crippen LogP contribution in [0.3, 0.4) is 0 Å². The van der Waals surface area contributed by atoms with Gasteiger partial charge in [-0.2, -0.15) is 0 Å². The Labute approximate surface area is 237 Å². The Bertz CT molecular complexity index is 1490. The minimum absolute atomic E-state index is 0.180. The summed E-state index contributed by atoms with van der Waals surface area (Å²) in [5.74, 6) is 1.34. The van der Waals surface area contributed by atoms with E-state index in [2.05, 4.69) is 44.8 Å². The monoisotopic (exact) mass is 562 g/mol. The topological polar surface area (TPSA) is 86.0 Å². The number of imidazole rings is 1. The fourth-order valence-electron chi connectivity index (χ4n) is 5.93. The van der Waals surface area contributed by atoms with E-state index in [-0.39, 0.29) is 17.6 Å². The predicted octanol–water partition coefficient (Wildman–Crippen LogP) is 4.75. The van der Waals surface area contributed by atoms with Crippen LogP contribution in [-0.4, -0.2) is 69.1 Å². The second-order valence-corrected chi connectivity index (χ2v) is 11.7. The number of aliphatic hydroxyl groups excluding tert-OH is 1. The lowest BCUT2D eigenvalue weighted by Gasteiger charge is -2.32. The van der Waals surface area contributed by atoms with Gasteiger partial charge in [-0.15, -0.1) is 11.3 Å². The minimum Gasteiger partial charge on any atom is -0.379 e. The van der Waals surface area contributed by atoms with E-state index in [9.17, 15) is 14.3 Å². The zero-order valence-corrected chi connectivity index (χ0v) is 23.7. The molecule has 4 aromatic rings. The molecule has 1 aromatic carbocycles. The number of aromatic nitrogens is 3. The number of fused-ring (bicyclic) bond motifs is 1. The number of piperidine rings is 1. The number of aryl methyl sites for hydroxylation is 1. The maximum atomic E-state index is 13.4. The van der Waals surface area contributed by atoms with Crippen LogP contribution in [0, 0.1) is 5.82 Å². The van der Waals surface area contributed by atoms with E-state index < -0.39 is 6.23 Å². The molecule has 2 fully saturated rings. The molecule has 2 aliphatic rings. The van der Waals surface area contributed by atoms with Crippen LogP contribution >= 0.6 is 11.3 Å². The quantitative estimate of drug-likeness (QED) is 0.321. The first kappa shape index (κ1) is 27.0. The molecule has 2 atom stereocenters. The van der Waals surface area contributed by atoms with Crippen molar-refractivity contribution < 1.29 is 14.3 Å². The van der Waals surface area contributed by atoms with E-state index in [0.717, 1.165) is 65.9 Å². The van der Waals surface area contributed by atoms with Crippen LogP contribution in [0.15, 0.2) is 48.0 Å². The Morgan fingerprint density at radius 2 is 1.90 bits per heavy atom. The molecule has 40 heavy (non-hydrogen) atoms. The van der Waals surface area contributed by atoms with Crippen LogP contribution in [0.2, 0.25) is 0 Å². The molecule has 2 N–H and O–H groups in total. The predicted molar refractivity (Wildman–Crippen MR) is 156 cm³/mol. The number of hydrogen-bond donors (Lipinski definition) is 2. The van der Waals surface area contributed by atoms with Gasteiger partial charge in [0.1, 0.15) is 23.5 Å². The first-order valence-corrected chi connectivity index (χ1v) is 14.9. The summed E-state index contributed by atoms with van der Waals surface area (Å²) < 4.78 is 15.6. The number of carbonyl (C=O) groups is 1. The number of aliphatic hydroxyl groups is 1. The van der Waals surface area contributed by atoms with E-state index >= 15 is 0 Å². The van der Waals surface area contributed by atoms with Crippen LogP contribution < -0.4 is 10.2 Å². The molecule has 0 radical (unpaired) electrons. The zero-order chi connectivity index (χ0) is 27.8. The molecule has 10 heteroatoms. The Balaban J connectivity index is 1.19. The summed E-state index contributed by atoms with van der Waals surface area (Å²) in [7, 11) is 2.02. The van der Waals surface area contributed by atoms with Crippen molar-refractivity contribution in [3.05, 3.63) is 65.0 Å². The number of anilines is 2. The van der Waals surface area contributed by atoms with Gasteiger partial charge in [0.15, 0.2) is 10.9 Å². The molecule has 0 amide bonds. The van der Waals surface area contributed by atoms with E-state index in [1.165, 1.54) is 17.7 Å². The largest absolute Gasteiger partial charge is 0.379 e. The average molecular weight is 563 g/mol. The minimum atomic E-state index is -0.553. The summed E-state index contributed by atoms with van der Waals surface area (Å²) in [5.41, 5.74) is 4.91. The third kappa shape index (κ3) is 5.41. The summed E-state index contributed by atoms with van der Waals surface area (Å²) in [6, 6.07) is 10.5. The molecule has 210 valence electrons. The van der Waals surface area contributed by atoms with Crippen LogP contribution in [0.25, 0.3) is 16.9 Å². The van der Waals surface area contributed by atoms with Crippen molar-refractivity contribution in [2.75, 3.05) is 31.6 Å². The maximum Gasteiger partial charge on any atom is 0.191 e. The Kier molecular flexibility index (Phi) is 7.67. The molecule has 3 aromatic heterocycles. The van der Waals surface area contributed by atoms with Gasteiger partial charge in [0, 0.05) is 24.2 Å². The number of ketones is 1. The highest BCUT2D eigenvalue weighted by atomic mass is 32.1. The van der Waals surface area contributed by atoms with E-state index in [4.69, 9.17) is 9.97 Å². The van der Waals surface area contributed by atoms with Crippen molar-refractivity contribution in [1.82, 2.24) is 24.6 Å². The lowest BCUT2D eigenvalue weighted by molar-refractivity contribution is -0.122. The van der Waals surface area contributed by atoms with Gasteiger partial charge in [0.2, 0.25) is 0 Å². The average Bonchev–Trinajstić information content (AvgIpc) is 3.71. The zero-order valence-electron chi connectivity index (χ0n) is 22.9. The van der Waals surface area contributed by atoms with Gasteiger partial charge in [0.25, 0.3) is 0 Å². The highest BCUT2D eigenvalue weighted by Crippen LogP contribution is 2.35. The van der Waals surface area contributed by atoms with Crippen molar-refractivity contribution in [1.29, 1.82) is 0 Å². The summed E-state index contributed by atoms with van der Waals surface area (Å²) in [4.78, 5) is 26.8. The summed E-state index contributed by atoms with van der Waals surface area (Å²) in [5, 5.41) is 15.5. The Morgan fingerprint density at radius 1 is 1.12 bits per heavy atom. The molecule has 0 aliphatic carbocycles. The lowest BCUT2D eigenvalue weighted by atomic mass is 9.90. The number of thiazole rings is 1. The number of benzene rings is 1. The maximum absolute atomic E-state index is 13.4. The first-order valence-electron chi connectivity index (χ1n) is 14.0. The summed E-state index contributed by atoms with van der Waals surface area (Å²) in [6.07, 6.45) is 5.81. The van der Waals surface area contributed by atoms with Crippen LogP contribution in [0.5, 0.6) is 0 Å². The number of Topliss-reactive ketones (excluding diaryl/α,β-unsaturated/α-hetero) is 1. The molecule has 8 nitrogen and oxygen atoms in total. The van der Waals surface area contributed by atoms with Crippen LogP contribution in [0.4, 0.5) is 15.3 Å². The van der Waals surface area contributed by atoms with Gasteiger partial charge >= 0.3 is 0 Å². The molecule has 1 unspecified atom stereocenters. The number of hydrogen-bond acceptors (Lipinski definition) is 8. The normalized spacial score (nSPS) is 20.4. The SMILES string of the molecule is CCc1nc2ccc(C3CCN(CC(=O)C4CC[C@H](O)N4)CC3)cn2c1N(C)c1nc(-c2ccc(F)cc2)cs1. The summed E-state index contributed by atoms with van der Waals surface area (Å²) in [6.45, 7) is 4.32. The van der Waals surface area contributed by atoms with E-state index in [1.54, 1.807) is 23.5 Å². The molecule has 2 saturated heterocycles. The highest BCUT2D eigenvalue weighted by molar-refractivity contribution is 7.14. The second kappa shape index (κ2) is 11.4. The molecule has 0 saturated carbocycles. The number of carbonyl (C=O) groups excluding carboxylic acids is 1. The number of rotatable bonds is 8. The number of nitrogens with zero attached hydrogens (tertiary/aromatic N) is 5. The molecule has 6 rings (SSSR count).